The lowest BCUT2D eigenvalue weighted by Crippen LogP contribution is -2.26. The van der Waals surface area contributed by atoms with E-state index < -0.39 is 0 Å². The highest BCUT2D eigenvalue weighted by molar-refractivity contribution is 7.10. The summed E-state index contributed by atoms with van der Waals surface area (Å²) in [6.45, 7) is 7.45. The summed E-state index contributed by atoms with van der Waals surface area (Å²) >= 11 is 1.35. The molecular weight excluding hydrogens is 370 g/mol. The van der Waals surface area contributed by atoms with Crippen LogP contribution in [0.25, 0.3) is 10.4 Å². The van der Waals surface area contributed by atoms with Crippen molar-refractivity contribution in [3.05, 3.63) is 53.9 Å². The summed E-state index contributed by atoms with van der Waals surface area (Å²) in [7, 11) is 0. The van der Waals surface area contributed by atoms with E-state index in [0.29, 0.717) is 18.7 Å². The number of nitrogens with zero attached hydrogens (tertiary/aromatic N) is 4. The van der Waals surface area contributed by atoms with Gasteiger partial charge in [-0.25, -0.2) is 0 Å². The lowest BCUT2D eigenvalue weighted by atomic mass is 10.1. The molecule has 28 heavy (non-hydrogen) atoms. The van der Waals surface area contributed by atoms with Gasteiger partial charge in [0.2, 0.25) is 5.91 Å². The van der Waals surface area contributed by atoms with Crippen molar-refractivity contribution in [2.24, 2.45) is 0 Å². The Morgan fingerprint density at radius 1 is 1.36 bits per heavy atom. The van der Waals surface area contributed by atoms with E-state index in [4.69, 9.17) is 0 Å². The standard InChI is InChI=1S/C21H23N5OS/c1-4-26(18-8-6-5-7-9-18)20-12-17(14-25(20)11-10-23-16(3)27)21-19(13-22)15(2)24-28-21/h5-9,12,14H,4,10-11H2,1-3H3,(H,23,27). The summed E-state index contributed by atoms with van der Waals surface area (Å²) in [6, 6.07) is 14.6. The first-order valence-corrected chi connectivity index (χ1v) is 9.96. The molecule has 1 N–H and O–H groups in total. The fourth-order valence-electron chi connectivity index (χ4n) is 3.17. The minimum absolute atomic E-state index is 0.0471. The first-order chi connectivity index (χ1) is 13.5. The summed E-state index contributed by atoms with van der Waals surface area (Å²) in [4.78, 5) is 14.4. The number of amides is 1. The van der Waals surface area contributed by atoms with Crippen LogP contribution in [-0.2, 0) is 11.3 Å². The van der Waals surface area contributed by atoms with Crippen LogP contribution in [0, 0.1) is 18.3 Å². The normalized spacial score (nSPS) is 10.5. The molecule has 0 unspecified atom stereocenters. The first kappa shape index (κ1) is 19.6. The number of hydrogen-bond acceptors (Lipinski definition) is 5. The van der Waals surface area contributed by atoms with Gasteiger partial charge in [-0.1, -0.05) is 18.2 Å². The Balaban J connectivity index is 2.04. The van der Waals surface area contributed by atoms with Gasteiger partial charge in [0.1, 0.15) is 11.9 Å². The van der Waals surface area contributed by atoms with Gasteiger partial charge in [-0.3, -0.25) is 4.79 Å². The largest absolute Gasteiger partial charge is 0.355 e. The van der Waals surface area contributed by atoms with Gasteiger partial charge in [-0.2, -0.15) is 9.64 Å². The number of hydrogen-bond donors (Lipinski definition) is 1. The van der Waals surface area contributed by atoms with Crippen LogP contribution < -0.4 is 10.2 Å². The van der Waals surface area contributed by atoms with E-state index in [1.807, 2.05) is 31.3 Å². The highest BCUT2D eigenvalue weighted by atomic mass is 32.1. The highest BCUT2D eigenvalue weighted by Crippen LogP contribution is 2.35. The van der Waals surface area contributed by atoms with Crippen molar-refractivity contribution in [2.75, 3.05) is 18.0 Å². The fraction of sp³-hybridized carbons (Fsp3) is 0.286. The van der Waals surface area contributed by atoms with Crippen molar-refractivity contribution in [3.8, 4) is 16.5 Å². The van der Waals surface area contributed by atoms with E-state index in [9.17, 15) is 10.1 Å². The molecule has 0 aliphatic heterocycles. The Hall–Kier alpha value is -3.11. The minimum atomic E-state index is -0.0471. The number of nitrogens with one attached hydrogen (secondary N) is 1. The molecule has 6 nitrogen and oxygen atoms in total. The van der Waals surface area contributed by atoms with E-state index in [0.717, 1.165) is 34.2 Å². The molecule has 1 aromatic carbocycles. The van der Waals surface area contributed by atoms with Gasteiger partial charge >= 0.3 is 0 Å². The molecule has 0 radical (unpaired) electrons. The summed E-state index contributed by atoms with van der Waals surface area (Å²) in [6.07, 6.45) is 2.04. The monoisotopic (exact) mass is 393 g/mol. The number of aryl methyl sites for hydroxylation is 1. The van der Waals surface area contributed by atoms with E-state index in [-0.39, 0.29) is 5.91 Å². The van der Waals surface area contributed by atoms with E-state index in [2.05, 4.69) is 50.3 Å². The van der Waals surface area contributed by atoms with Crippen LogP contribution in [0.5, 0.6) is 0 Å². The van der Waals surface area contributed by atoms with Gasteiger partial charge in [-0.05, 0) is 43.6 Å². The summed E-state index contributed by atoms with van der Waals surface area (Å²) in [5, 5.41) is 12.4. The SMILES string of the molecule is CCN(c1ccccc1)c1cc(-c2snc(C)c2C#N)cn1CCNC(C)=O. The van der Waals surface area contributed by atoms with Gasteiger partial charge < -0.3 is 14.8 Å². The maximum absolute atomic E-state index is 11.3. The number of nitriles is 1. The Kier molecular flexibility index (Phi) is 6.12. The molecule has 0 aliphatic carbocycles. The van der Waals surface area contributed by atoms with Crippen molar-refractivity contribution in [3.63, 3.8) is 0 Å². The van der Waals surface area contributed by atoms with E-state index in [1.165, 1.54) is 18.5 Å². The average molecular weight is 394 g/mol. The van der Waals surface area contributed by atoms with Crippen LogP contribution in [0.1, 0.15) is 25.1 Å². The number of benzene rings is 1. The predicted molar refractivity (Wildman–Crippen MR) is 113 cm³/mol. The third kappa shape index (κ3) is 4.07. The van der Waals surface area contributed by atoms with Gasteiger partial charge in [-0.15, -0.1) is 0 Å². The molecular formula is C21H23N5OS. The number of aromatic nitrogens is 2. The van der Waals surface area contributed by atoms with Crippen LogP contribution in [0.15, 0.2) is 42.6 Å². The van der Waals surface area contributed by atoms with Crippen LogP contribution >= 0.6 is 11.5 Å². The van der Waals surface area contributed by atoms with Crippen LogP contribution in [0.2, 0.25) is 0 Å². The number of para-hydroxylation sites is 1. The number of anilines is 2. The molecule has 144 valence electrons. The second kappa shape index (κ2) is 8.72. The molecule has 0 fully saturated rings. The Labute approximate surface area is 169 Å². The van der Waals surface area contributed by atoms with E-state index >= 15 is 0 Å². The quantitative estimate of drug-likeness (QED) is 0.656. The number of rotatable bonds is 7. The molecule has 1 amide bonds. The van der Waals surface area contributed by atoms with Crippen molar-refractivity contribution in [1.29, 1.82) is 5.26 Å². The Bertz CT molecular complexity index is 1000. The van der Waals surface area contributed by atoms with Gasteiger partial charge in [0.15, 0.2) is 0 Å². The summed E-state index contributed by atoms with van der Waals surface area (Å²) in [5.41, 5.74) is 3.44. The van der Waals surface area contributed by atoms with Gasteiger partial charge in [0, 0.05) is 44.0 Å². The second-order valence-corrected chi connectivity index (χ2v) is 7.20. The van der Waals surface area contributed by atoms with Crippen molar-refractivity contribution < 1.29 is 4.79 Å². The smallest absolute Gasteiger partial charge is 0.216 e. The lowest BCUT2D eigenvalue weighted by Gasteiger charge is -2.24. The van der Waals surface area contributed by atoms with Crippen LogP contribution in [0.4, 0.5) is 11.5 Å². The van der Waals surface area contributed by atoms with Crippen molar-refractivity contribution in [2.45, 2.75) is 27.3 Å². The molecule has 2 heterocycles. The van der Waals surface area contributed by atoms with Crippen molar-refractivity contribution in [1.82, 2.24) is 14.3 Å². The van der Waals surface area contributed by atoms with Crippen LogP contribution in [-0.4, -0.2) is 27.9 Å². The predicted octanol–water partition coefficient (Wildman–Crippen LogP) is 4.09. The molecule has 0 atom stereocenters. The molecule has 7 heteroatoms. The molecule has 2 aromatic heterocycles. The lowest BCUT2D eigenvalue weighted by molar-refractivity contribution is -0.118. The third-order valence-corrected chi connectivity index (χ3v) is 5.49. The zero-order valence-corrected chi connectivity index (χ0v) is 17.1. The average Bonchev–Trinajstić information content (AvgIpc) is 3.26. The van der Waals surface area contributed by atoms with Crippen LogP contribution in [0.3, 0.4) is 0 Å². The maximum atomic E-state index is 11.3. The van der Waals surface area contributed by atoms with Gasteiger partial charge in [0.25, 0.3) is 0 Å². The minimum Gasteiger partial charge on any atom is -0.355 e. The fourth-order valence-corrected chi connectivity index (χ4v) is 3.99. The zero-order chi connectivity index (χ0) is 20.1. The molecule has 0 saturated carbocycles. The maximum Gasteiger partial charge on any atom is 0.216 e. The summed E-state index contributed by atoms with van der Waals surface area (Å²) in [5.74, 6) is 0.971. The Morgan fingerprint density at radius 2 is 2.11 bits per heavy atom. The van der Waals surface area contributed by atoms with Crippen molar-refractivity contribution >= 4 is 28.9 Å². The Morgan fingerprint density at radius 3 is 2.75 bits per heavy atom. The second-order valence-electron chi connectivity index (χ2n) is 6.43. The number of carbonyl (C=O) groups excluding carboxylic acids is 1. The third-order valence-electron chi connectivity index (χ3n) is 4.50. The zero-order valence-electron chi connectivity index (χ0n) is 16.3. The molecule has 0 saturated heterocycles. The van der Waals surface area contributed by atoms with E-state index in [1.54, 1.807) is 0 Å². The molecule has 3 rings (SSSR count). The topological polar surface area (TPSA) is 74.0 Å². The number of carbonyl (C=O) groups is 1. The molecule has 0 aliphatic rings. The first-order valence-electron chi connectivity index (χ1n) is 9.19. The molecule has 3 aromatic rings. The molecule has 0 spiro atoms. The highest BCUT2D eigenvalue weighted by Gasteiger charge is 2.19. The molecule has 0 bridgehead atoms. The van der Waals surface area contributed by atoms with Gasteiger partial charge in [0.05, 0.1) is 16.1 Å². The summed E-state index contributed by atoms with van der Waals surface area (Å²) < 4.78 is 6.47.